The number of aliphatic carboxylic acids is 1. The van der Waals surface area contributed by atoms with Crippen LogP contribution in [-0.4, -0.2) is 29.3 Å². The van der Waals surface area contributed by atoms with E-state index in [-0.39, 0.29) is 13.2 Å². The molecule has 1 aromatic rings. The second-order valence-corrected chi connectivity index (χ2v) is 3.69. The van der Waals surface area contributed by atoms with Crippen molar-refractivity contribution in [1.29, 1.82) is 0 Å². The Morgan fingerprint density at radius 3 is 2.93 bits per heavy atom. The Morgan fingerprint density at radius 1 is 1.47 bits per heavy atom. The summed E-state index contributed by atoms with van der Waals surface area (Å²) in [6.07, 6.45) is 0.858. The minimum absolute atomic E-state index is 0.0339. The van der Waals surface area contributed by atoms with Crippen LogP contribution in [0.5, 0.6) is 0 Å². The molecule has 2 N–H and O–H groups in total. The van der Waals surface area contributed by atoms with Gasteiger partial charge in [0.25, 0.3) is 0 Å². The smallest absolute Gasteiger partial charge is 0.323 e. The number of rotatable bonds is 3. The first-order valence-electron chi connectivity index (χ1n) is 4.90. The van der Waals surface area contributed by atoms with Gasteiger partial charge in [-0.1, -0.05) is 12.1 Å². The van der Waals surface area contributed by atoms with Gasteiger partial charge >= 0.3 is 5.97 Å². The van der Waals surface area contributed by atoms with E-state index in [1.165, 1.54) is 0 Å². The van der Waals surface area contributed by atoms with Crippen LogP contribution >= 0.6 is 0 Å². The van der Waals surface area contributed by atoms with Crippen LogP contribution in [0.25, 0.3) is 0 Å². The molecule has 0 saturated heterocycles. The largest absolute Gasteiger partial charge is 0.480 e. The number of fused-ring (bicyclic) bond motifs is 1. The van der Waals surface area contributed by atoms with E-state index >= 15 is 0 Å². The van der Waals surface area contributed by atoms with Gasteiger partial charge in [-0.15, -0.1) is 0 Å². The molecule has 1 heterocycles. The van der Waals surface area contributed by atoms with Crippen LogP contribution < -0.4 is 4.90 Å². The van der Waals surface area contributed by atoms with Gasteiger partial charge in [0.05, 0.1) is 6.61 Å². The van der Waals surface area contributed by atoms with Gasteiger partial charge in [-0.05, 0) is 23.6 Å². The van der Waals surface area contributed by atoms with E-state index < -0.39 is 5.97 Å². The molecule has 0 bridgehead atoms. The monoisotopic (exact) mass is 207 g/mol. The Labute approximate surface area is 87.8 Å². The normalized spacial score (nSPS) is 14.1. The number of hydrogen-bond donors (Lipinski definition) is 2. The second kappa shape index (κ2) is 3.90. The molecule has 1 aromatic carbocycles. The van der Waals surface area contributed by atoms with E-state index in [1.807, 2.05) is 23.1 Å². The summed E-state index contributed by atoms with van der Waals surface area (Å²) in [7, 11) is 0. The Morgan fingerprint density at radius 2 is 2.27 bits per heavy atom. The van der Waals surface area contributed by atoms with Gasteiger partial charge in [0.2, 0.25) is 0 Å². The van der Waals surface area contributed by atoms with E-state index in [4.69, 9.17) is 10.2 Å². The predicted molar refractivity (Wildman–Crippen MR) is 55.9 cm³/mol. The minimum atomic E-state index is -0.811. The number of carboxylic acids is 1. The lowest BCUT2D eigenvalue weighted by Crippen LogP contribution is -2.27. The van der Waals surface area contributed by atoms with Gasteiger partial charge in [-0.25, -0.2) is 0 Å². The molecule has 0 spiro atoms. The summed E-state index contributed by atoms with van der Waals surface area (Å²) >= 11 is 0. The van der Waals surface area contributed by atoms with Crippen molar-refractivity contribution in [3.8, 4) is 0 Å². The lowest BCUT2D eigenvalue weighted by atomic mass is 10.1. The number of benzene rings is 1. The SMILES string of the molecule is O=C(O)CN1CCc2cc(CO)ccc21. The number of aliphatic hydroxyl groups is 1. The molecule has 80 valence electrons. The maximum absolute atomic E-state index is 10.6. The number of aliphatic hydroxyl groups excluding tert-OH is 1. The van der Waals surface area contributed by atoms with Crippen LogP contribution in [0.1, 0.15) is 11.1 Å². The molecule has 0 aromatic heterocycles. The molecule has 15 heavy (non-hydrogen) atoms. The molecule has 1 aliphatic heterocycles. The zero-order valence-corrected chi connectivity index (χ0v) is 8.31. The second-order valence-electron chi connectivity index (χ2n) is 3.69. The Hall–Kier alpha value is -1.55. The molecule has 4 heteroatoms. The third-order valence-corrected chi connectivity index (χ3v) is 2.64. The molecule has 4 nitrogen and oxygen atoms in total. The van der Waals surface area contributed by atoms with Crippen molar-refractivity contribution >= 4 is 11.7 Å². The van der Waals surface area contributed by atoms with Crippen LogP contribution in [-0.2, 0) is 17.8 Å². The maximum Gasteiger partial charge on any atom is 0.323 e. The number of carbonyl (C=O) groups is 1. The maximum atomic E-state index is 10.6. The minimum Gasteiger partial charge on any atom is -0.480 e. The first kappa shape index (κ1) is 9.98. The standard InChI is InChI=1S/C11H13NO3/c13-7-8-1-2-10-9(5-8)3-4-12(10)6-11(14)15/h1-2,5,13H,3-4,6-7H2,(H,14,15). The average molecular weight is 207 g/mol. The third kappa shape index (κ3) is 1.94. The number of nitrogens with zero attached hydrogens (tertiary/aromatic N) is 1. The number of hydrogen-bond acceptors (Lipinski definition) is 3. The van der Waals surface area contributed by atoms with Crippen LogP contribution in [0.3, 0.4) is 0 Å². The van der Waals surface area contributed by atoms with Gasteiger partial charge in [0.1, 0.15) is 6.54 Å². The summed E-state index contributed by atoms with van der Waals surface area (Å²) in [4.78, 5) is 12.5. The fraction of sp³-hybridized carbons (Fsp3) is 0.364. The fourth-order valence-electron chi connectivity index (χ4n) is 1.95. The Bertz CT molecular complexity index is 389. The summed E-state index contributed by atoms with van der Waals surface area (Å²) in [5.74, 6) is -0.811. The molecule has 1 aliphatic rings. The van der Waals surface area contributed by atoms with Crippen molar-refractivity contribution in [2.24, 2.45) is 0 Å². The number of anilines is 1. The van der Waals surface area contributed by atoms with Crippen LogP contribution in [0.2, 0.25) is 0 Å². The Balaban J connectivity index is 2.24. The summed E-state index contributed by atoms with van der Waals surface area (Å²) in [6.45, 7) is 0.828. The van der Waals surface area contributed by atoms with Gasteiger partial charge in [0.15, 0.2) is 0 Å². The highest BCUT2D eigenvalue weighted by atomic mass is 16.4. The summed E-state index contributed by atoms with van der Waals surface area (Å²) in [5, 5.41) is 17.7. The van der Waals surface area contributed by atoms with E-state index in [0.717, 1.165) is 29.8 Å². The molecule has 0 unspecified atom stereocenters. The molecular formula is C11H13NO3. The van der Waals surface area contributed by atoms with Gasteiger partial charge in [-0.3, -0.25) is 4.79 Å². The highest BCUT2D eigenvalue weighted by Gasteiger charge is 2.20. The number of carboxylic acid groups (broad SMARTS) is 1. The summed E-state index contributed by atoms with van der Waals surface area (Å²) < 4.78 is 0. The van der Waals surface area contributed by atoms with Crippen molar-refractivity contribution in [2.45, 2.75) is 13.0 Å². The van der Waals surface area contributed by atoms with Crippen LogP contribution in [0.4, 0.5) is 5.69 Å². The predicted octanol–water partition coefficient (Wildman–Crippen LogP) is 0.626. The molecular weight excluding hydrogens is 194 g/mol. The van der Waals surface area contributed by atoms with Gasteiger partial charge in [-0.2, -0.15) is 0 Å². The van der Waals surface area contributed by atoms with Crippen LogP contribution in [0, 0.1) is 0 Å². The van der Waals surface area contributed by atoms with Crippen LogP contribution in [0.15, 0.2) is 18.2 Å². The zero-order valence-electron chi connectivity index (χ0n) is 8.31. The first-order chi connectivity index (χ1) is 7.20. The Kier molecular flexibility index (Phi) is 2.60. The third-order valence-electron chi connectivity index (χ3n) is 2.64. The fourth-order valence-corrected chi connectivity index (χ4v) is 1.95. The first-order valence-corrected chi connectivity index (χ1v) is 4.90. The van der Waals surface area contributed by atoms with E-state index in [9.17, 15) is 4.79 Å². The van der Waals surface area contributed by atoms with Crippen molar-refractivity contribution in [1.82, 2.24) is 0 Å². The molecule has 0 atom stereocenters. The molecule has 0 radical (unpaired) electrons. The van der Waals surface area contributed by atoms with Crippen molar-refractivity contribution in [2.75, 3.05) is 18.0 Å². The van der Waals surface area contributed by atoms with Crippen molar-refractivity contribution in [3.05, 3.63) is 29.3 Å². The molecule has 0 saturated carbocycles. The zero-order chi connectivity index (χ0) is 10.8. The lowest BCUT2D eigenvalue weighted by Gasteiger charge is -2.16. The molecule has 2 rings (SSSR count). The average Bonchev–Trinajstić information content (AvgIpc) is 2.60. The molecule has 0 amide bonds. The van der Waals surface area contributed by atoms with E-state index in [2.05, 4.69) is 0 Å². The van der Waals surface area contributed by atoms with E-state index in [0.29, 0.717) is 0 Å². The summed E-state index contributed by atoms with van der Waals surface area (Å²) in [5.41, 5.74) is 2.99. The topological polar surface area (TPSA) is 60.8 Å². The van der Waals surface area contributed by atoms with Crippen molar-refractivity contribution < 1.29 is 15.0 Å². The quantitative estimate of drug-likeness (QED) is 0.763. The summed E-state index contributed by atoms with van der Waals surface area (Å²) in [6, 6.07) is 5.66. The van der Waals surface area contributed by atoms with E-state index in [1.54, 1.807) is 0 Å². The van der Waals surface area contributed by atoms with Gasteiger partial charge < -0.3 is 15.1 Å². The molecule has 0 aliphatic carbocycles. The highest BCUT2D eigenvalue weighted by Crippen LogP contribution is 2.28. The lowest BCUT2D eigenvalue weighted by molar-refractivity contribution is -0.135. The van der Waals surface area contributed by atoms with Crippen molar-refractivity contribution in [3.63, 3.8) is 0 Å². The molecule has 0 fully saturated rings. The highest BCUT2D eigenvalue weighted by molar-refractivity contribution is 5.75. The van der Waals surface area contributed by atoms with Gasteiger partial charge in [0, 0.05) is 12.2 Å².